The second kappa shape index (κ2) is 7.11. The highest BCUT2D eigenvalue weighted by molar-refractivity contribution is 5.81. The van der Waals surface area contributed by atoms with Crippen LogP contribution in [0.5, 0.6) is 5.75 Å². The molecule has 1 unspecified atom stereocenters. The third-order valence-electron chi connectivity index (χ3n) is 3.42. The standard InChI is InChI=1S/C17H21NO4/c1-4-5-12(3)18-16(19)10-21-13-6-7-14-11(2)8-17(20)22-15(14)9-13/h6-9,12H,4-5,10H2,1-3H3,(H,18,19). The van der Waals surface area contributed by atoms with Crippen molar-refractivity contribution in [3.05, 3.63) is 40.2 Å². The van der Waals surface area contributed by atoms with Gasteiger partial charge < -0.3 is 14.5 Å². The van der Waals surface area contributed by atoms with Crippen LogP contribution in [0.1, 0.15) is 32.3 Å². The van der Waals surface area contributed by atoms with Gasteiger partial charge in [-0.15, -0.1) is 0 Å². The van der Waals surface area contributed by atoms with Crippen molar-refractivity contribution < 1.29 is 13.9 Å². The van der Waals surface area contributed by atoms with Crippen molar-refractivity contribution in [2.24, 2.45) is 0 Å². The number of nitrogens with one attached hydrogen (secondary N) is 1. The molecule has 118 valence electrons. The number of amides is 1. The van der Waals surface area contributed by atoms with E-state index in [0.29, 0.717) is 11.3 Å². The summed E-state index contributed by atoms with van der Waals surface area (Å²) < 4.78 is 10.6. The predicted octanol–water partition coefficient (Wildman–Crippen LogP) is 2.79. The van der Waals surface area contributed by atoms with Crippen LogP contribution in [0.25, 0.3) is 11.0 Å². The summed E-state index contributed by atoms with van der Waals surface area (Å²) in [6.45, 7) is 5.83. The lowest BCUT2D eigenvalue weighted by molar-refractivity contribution is -0.123. The molecule has 1 amide bonds. The zero-order valence-corrected chi connectivity index (χ0v) is 13.1. The van der Waals surface area contributed by atoms with Gasteiger partial charge in [0.05, 0.1) is 0 Å². The highest BCUT2D eigenvalue weighted by Gasteiger charge is 2.08. The van der Waals surface area contributed by atoms with Crippen LogP contribution in [0, 0.1) is 6.92 Å². The molecule has 0 aliphatic rings. The Labute approximate surface area is 129 Å². The van der Waals surface area contributed by atoms with Gasteiger partial charge in [-0.25, -0.2) is 4.79 Å². The quantitative estimate of drug-likeness (QED) is 0.833. The first-order chi connectivity index (χ1) is 10.5. The maximum Gasteiger partial charge on any atom is 0.336 e. The maximum absolute atomic E-state index is 11.8. The van der Waals surface area contributed by atoms with Gasteiger partial charge in [0, 0.05) is 23.6 Å². The molecule has 0 spiro atoms. The van der Waals surface area contributed by atoms with Crippen molar-refractivity contribution in [3.8, 4) is 5.75 Å². The Hall–Kier alpha value is -2.30. The third-order valence-corrected chi connectivity index (χ3v) is 3.42. The molecule has 0 fully saturated rings. The summed E-state index contributed by atoms with van der Waals surface area (Å²) in [5, 5.41) is 3.72. The first-order valence-corrected chi connectivity index (χ1v) is 7.46. The molecular formula is C17H21NO4. The fourth-order valence-corrected chi connectivity index (χ4v) is 2.37. The van der Waals surface area contributed by atoms with E-state index in [2.05, 4.69) is 12.2 Å². The molecule has 1 heterocycles. The predicted molar refractivity (Wildman–Crippen MR) is 85.2 cm³/mol. The highest BCUT2D eigenvalue weighted by atomic mass is 16.5. The van der Waals surface area contributed by atoms with Gasteiger partial charge in [0.15, 0.2) is 6.61 Å². The number of fused-ring (bicyclic) bond motifs is 1. The van der Waals surface area contributed by atoms with Crippen LogP contribution >= 0.6 is 0 Å². The molecule has 2 rings (SSSR count). The number of carbonyl (C=O) groups excluding carboxylic acids is 1. The summed E-state index contributed by atoms with van der Waals surface area (Å²) in [5.41, 5.74) is 0.916. The average Bonchev–Trinajstić information content (AvgIpc) is 2.44. The zero-order chi connectivity index (χ0) is 16.1. The van der Waals surface area contributed by atoms with Gasteiger partial charge >= 0.3 is 5.63 Å². The van der Waals surface area contributed by atoms with Crippen molar-refractivity contribution in [2.75, 3.05) is 6.61 Å². The molecule has 0 saturated carbocycles. The lowest BCUT2D eigenvalue weighted by Gasteiger charge is -2.13. The van der Waals surface area contributed by atoms with E-state index in [1.807, 2.05) is 19.9 Å². The Morgan fingerprint density at radius 1 is 1.36 bits per heavy atom. The van der Waals surface area contributed by atoms with Crippen molar-refractivity contribution >= 4 is 16.9 Å². The lowest BCUT2D eigenvalue weighted by Crippen LogP contribution is -2.35. The normalized spacial score (nSPS) is 12.1. The van der Waals surface area contributed by atoms with Gasteiger partial charge in [0.25, 0.3) is 5.91 Å². The lowest BCUT2D eigenvalue weighted by atomic mass is 10.1. The fourth-order valence-electron chi connectivity index (χ4n) is 2.37. The van der Waals surface area contributed by atoms with E-state index < -0.39 is 5.63 Å². The van der Waals surface area contributed by atoms with E-state index in [1.54, 1.807) is 12.1 Å². The molecule has 1 aromatic heterocycles. The number of benzene rings is 1. The Morgan fingerprint density at radius 2 is 2.14 bits per heavy atom. The average molecular weight is 303 g/mol. The molecule has 1 N–H and O–H groups in total. The van der Waals surface area contributed by atoms with Crippen LogP contribution in [-0.2, 0) is 4.79 Å². The molecule has 0 radical (unpaired) electrons. The van der Waals surface area contributed by atoms with Crippen molar-refractivity contribution in [2.45, 2.75) is 39.7 Å². The summed E-state index contributed by atoms with van der Waals surface area (Å²) in [4.78, 5) is 23.2. The monoisotopic (exact) mass is 303 g/mol. The van der Waals surface area contributed by atoms with Crippen molar-refractivity contribution in [1.29, 1.82) is 0 Å². The van der Waals surface area contributed by atoms with E-state index >= 15 is 0 Å². The molecule has 0 bridgehead atoms. The Bertz CT molecular complexity index is 720. The minimum atomic E-state index is -0.395. The molecule has 22 heavy (non-hydrogen) atoms. The minimum absolute atomic E-state index is 0.0599. The Kier molecular flexibility index (Phi) is 5.20. The zero-order valence-electron chi connectivity index (χ0n) is 13.1. The van der Waals surface area contributed by atoms with Gasteiger partial charge in [-0.05, 0) is 38.0 Å². The summed E-state index contributed by atoms with van der Waals surface area (Å²) in [7, 11) is 0. The fraction of sp³-hybridized carbons (Fsp3) is 0.412. The highest BCUT2D eigenvalue weighted by Crippen LogP contribution is 2.22. The molecule has 5 nitrogen and oxygen atoms in total. The number of hydrogen-bond acceptors (Lipinski definition) is 4. The first-order valence-electron chi connectivity index (χ1n) is 7.46. The Morgan fingerprint density at radius 3 is 2.86 bits per heavy atom. The van der Waals surface area contributed by atoms with E-state index in [4.69, 9.17) is 9.15 Å². The van der Waals surface area contributed by atoms with Crippen LogP contribution in [0.4, 0.5) is 0 Å². The number of rotatable bonds is 6. The summed E-state index contributed by atoms with van der Waals surface area (Å²) in [6, 6.07) is 6.80. The molecule has 0 saturated heterocycles. The largest absolute Gasteiger partial charge is 0.484 e. The molecule has 5 heteroatoms. The van der Waals surface area contributed by atoms with Crippen LogP contribution in [0.15, 0.2) is 33.5 Å². The van der Waals surface area contributed by atoms with E-state index in [9.17, 15) is 9.59 Å². The number of hydrogen-bond donors (Lipinski definition) is 1. The molecule has 0 aliphatic carbocycles. The second-order valence-corrected chi connectivity index (χ2v) is 5.45. The minimum Gasteiger partial charge on any atom is -0.484 e. The smallest absolute Gasteiger partial charge is 0.336 e. The van der Waals surface area contributed by atoms with Gasteiger partial charge in [0.2, 0.25) is 0 Å². The topological polar surface area (TPSA) is 68.5 Å². The van der Waals surface area contributed by atoms with Gasteiger partial charge in [-0.1, -0.05) is 13.3 Å². The third kappa shape index (κ3) is 4.10. The Balaban J connectivity index is 2.03. The second-order valence-electron chi connectivity index (χ2n) is 5.45. The van der Waals surface area contributed by atoms with Gasteiger partial charge in [-0.3, -0.25) is 4.79 Å². The summed E-state index contributed by atoms with van der Waals surface area (Å²) >= 11 is 0. The number of carbonyl (C=O) groups is 1. The molecule has 1 atom stereocenters. The van der Waals surface area contributed by atoms with Crippen molar-refractivity contribution in [3.63, 3.8) is 0 Å². The van der Waals surface area contributed by atoms with Crippen LogP contribution in [0.2, 0.25) is 0 Å². The molecular weight excluding hydrogens is 282 g/mol. The van der Waals surface area contributed by atoms with Crippen molar-refractivity contribution in [1.82, 2.24) is 5.32 Å². The summed E-state index contributed by atoms with van der Waals surface area (Å²) in [6.07, 6.45) is 1.96. The van der Waals surface area contributed by atoms with E-state index in [0.717, 1.165) is 23.8 Å². The number of aryl methyl sites for hydroxylation is 1. The molecule has 2 aromatic rings. The number of ether oxygens (including phenoxy) is 1. The molecule has 1 aromatic carbocycles. The van der Waals surface area contributed by atoms with Crippen LogP contribution < -0.4 is 15.7 Å². The maximum atomic E-state index is 11.8. The van der Waals surface area contributed by atoms with Crippen LogP contribution in [-0.4, -0.2) is 18.6 Å². The van der Waals surface area contributed by atoms with E-state index in [-0.39, 0.29) is 18.6 Å². The van der Waals surface area contributed by atoms with Gasteiger partial charge in [-0.2, -0.15) is 0 Å². The van der Waals surface area contributed by atoms with Crippen LogP contribution in [0.3, 0.4) is 0 Å². The first kappa shape index (κ1) is 16.1. The molecule has 0 aliphatic heterocycles. The SMILES string of the molecule is CCCC(C)NC(=O)COc1ccc2c(C)cc(=O)oc2c1. The van der Waals surface area contributed by atoms with E-state index in [1.165, 1.54) is 6.07 Å². The summed E-state index contributed by atoms with van der Waals surface area (Å²) in [5.74, 6) is 0.339. The van der Waals surface area contributed by atoms with Gasteiger partial charge in [0.1, 0.15) is 11.3 Å².